The first kappa shape index (κ1) is 16.5. The number of fused-ring (bicyclic) bond motifs is 1. The second-order valence-electron chi connectivity index (χ2n) is 5.63. The van der Waals surface area contributed by atoms with E-state index in [1.54, 1.807) is 18.2 Å². The Kier molecular flexibility index (Phi) is 4.65. The number of nitro benzene ring substituents is 1. The van der Waals surface area contributed by atoms with Gasteiger partial charge in [0, 0.05) is 35.8 Å². The molecule has 0 aliphatic carbocycles. The molecule has 3 aromatic rings. The number of hydrogen-bond donors (Lipinski definition) is 3. The molecule has 7 nitrogen and oxygen atoms in total. The molecule has 0 saturated heterocycles. The third kappa shape index (κ3) is 3.45. The number of carbonyl (C=O) groups excluding carboxylic acids is 1. The molecular formula is C18H18N4O3. The molecule has 0 fully saturated rings. The van der Waals surface area contributed by atoms with E-state index < -0.39 is 4.92 Å². The number of nitrogens with zero attached hydrogens (tertiary/aromatic N) is 1. The molecule has 0 aliphatic rings. The largest absolute Gasteiger partial charge is 0.378 e. The highest BCUT2D eigenvalue weighted by atomic mass is 16.6. The Balaban J connectivity index is 1.62. The summed E-state index contributed by atoms with van der Waals surface area (Å²) in [5.74, 6) is -0.167. The molecule has 0 atom stereocenters. The normalized spacial score (nSPS) is 10.6. The van der Waals surface area contributed by atoms with E-state index in [0.717, 1.165) is 16.6 Å². The van der Waals surface area contributed by atoms with Gasteiger partial charge in [0.15, 0.2) is 0 Å². The number of hydrogen-bond acceptors (Lipinski definition) is 4. The van der Waals surface area contributed by atoms with Crippen molar-refractivity contribution in [2.45, 2.75) is 6.92 Å². The Labute approximate surface area is 144 Å². The topological polar surface area (TPSA) is 100 Å². The lowest BCUT2D eigenvalue weighted by Gasteiger charge is -2.08. The average molecular weight is 338 g/mol. The summed E-state index contributed by atoms with van der Waals surface area (Å²) in [6, 6.07) is 14.1. The van der Waals surface area contributed by atoms with E-state index in [-0.39, 0.29) is 11.6 Å². The van der Waals surface area contributed by atoms with Gasteiger partial charge in [0.2, 0.25) is 0 Å². The summed E-state index contributed by atoms with van der Waals surface area (Å²) in [5.41, 5.74) is 2.81. The maximum atomic E-state index is 12.5. The number of nitro groups is 1. The monoisotopic (exact) mass is 338 g/mol. The maximum absolute atomic E-state index is 12.5. The van der Waals surface area contributed by atoms with Gasteiger partial charge in [-0.2, -0.15) is 0 Å². The van der Waals surface area contributed by atoms with Crippen molar-refractivity contribution in [1.82, 2.24) is 10.3 Å². The number of benzene rings is 2. The van der Waals surface area contributed by atoms with Crippen molar-refractivity contribution in [1.29, 1.82) is 0 Å². The van der Waals surface area contributed by atoms with Crippen LogP contribution < -0.4 is 10.6 Å². The smallest absolute Gasteiger partial charge is 0.292 e. The zero-order valence-corrected chi connectivity index (χ0v) is 13.7. The maximum Gasteiger partial charge on any atom is 0.292 e. The first-order valence-corrected chi connectivity index (χ1v) is 7.90. The Bertz CT molecular complexity index is 933. The molecule has 0 radical (unpaired) electrons. The molecule has 0 aliphatic heterocycles. The molecule has 0 unspecified atom stereocenters. The van der Waals surface area contributed by atoms with Gasteiger partial charge in [-0.05, 0) is 19.1 Å². The summed E-state index contributed by atoms with van der Waals surface area (Å²) >= 11 is 0. The van der Waals surface area contributed by atoms with Crippen LogP contribution in [0.1, 0.15) is 16.1 Å². The third-order valence-electron chi connectivity index (χ3n) is 3.95. The number of aromatic amines is 1. The number of rotatable bonds is 6. The summed E-state index contributed by atoms with van der Waals surface area (Å²) < 4.78 is 0. The van der Waals surface area contributed by atoms with E-state index in [9.17, 15) is 14.9 Å². The van der Waals surface area contributed by atoms with E-state index in [1.165, 1.54) is 6.07 Å². The van der Waals surface area contributed by atoms with Gasteiger partial charge >= 0.3 is 0 Å². The van der Waals surface area contributed by atoms with Crippen molar-refractivity contribution in [2.75, 3.05) is 18.4 Å². The van der Waals surface area contributed by atoms with Crippen LogP contribution in [0.3, 0.4) is 0 Å². The average Bonchev–Trinajstić information content (AvgIpc) is 2.94. The molecule has 7 heteroatoms. The van der Waals surface area contributed by atoms with E-state index in [2.05, 4.69) is 15.6 Å². The first-order chi connectivity index (χ1) is 12.1. The van der Waals surface area contributed by atoms with Crippen molar-refractivity contribution < 1.29 is 9.72 Å². The van der Waals surface area contributed by atoms with Crippen LogP contribution in [0, 0.1) is 17.0 Å². The van der Waals surface area contributed by atoms with Crippen molar-refractivity contribution in [3.63, 3.8) is 0 Å². The predicted octanol–water partition coefficient (Wildman–Crippen LogP) is 3.23. The summed E-state index contributed by atoms with van der Waals surface area (Å²) in [6.07, 6.45) is 0. The van der Waals surface area contributed by atoms with Gasteiger partial charge in [-0.3, -0.25) is 14.9 Å². The second-order valence-corrected chi connectivity index (χ2v) is 5.63. The lowest BCUT2D eigenvalue weighted by Crippen LogP contribution is -2.29. The Morgan fingerprint density at radius 1 is 1.12 bits per heavy atom. The molecule has 0 spiro atoms. The molecule has 3 N–H and O–H groups in total. The predicted molar refractivity (Wildman–Crippen MR) is 97.0 cm³/mol. The summed E-state index contributed by atoms with van der Waals surface area (Å²) in [4.78, 5) is 26.2. The van der Waals surface area contributed by atoms with Gasteiger partial charge in [-0.15, -0.1) is 0 Å². The minimum absolute atomic E-state index is 0.0151. The molecule has 0 bridgehead atoms. The zero-order chi connectivity index (χ0) is 17.8. The highest BCUT2D eigenvalue weighted by Crippen LogP contribution is 2.23. The summed E-state index contributed by atoms with van der Waals surface area (Å²) in [6.45, 7) is 2.60. The van der Waals surface area contributed by atoms with Crippen LogP contribution in [-0.2, 0) is 0 Å². The standard InChI is InChI=1S/C18H18N4O3/c1-12-17(13-6-2-3-7-14(13)21-12)18(23)20-11-10-19-15-8-4-5-9-16(15)22(24)25/h2-9,19,21H,10-11H2,1H3,(H,20,23). The fraction of sp³-hybridized carbons (Fsp3) is 0.167. The van der Waals surface area contributed by atoms with Crippen LogP contribution in [-0.4, -0.2) is 28.9 Å². The molecule has 3 rings (SSSR count). The van der Waals surface area contributed by atoms with Gasteiger partial charge in [-0.25, -0.2) is 0 Å². The minimum Gasteiger partial charge on any atom is -0.378 e. The lowest BCUT2D eigenvalue weighted by molar-refractivity contribution is -0.384. The zero-order valence-electron chi connectivity index (χ0n) is 13.7. The number of amides is 1. The molecule has 128 valence electrons. The summed E-state index contributed by atoms with van der Waals surface area (Å²) in [7, 11) is 0. The van der Waals surface area contributed by atoms with E-state index >= 15 is 0 Å². The fourth-order valence-corrected chi connectivity index (χ4v) is 2.81. The Hall–Kier alpha value is -3.35. The van der Waals surface area contributed by atoms with E-state index in [4.69, 9.17) is 0 Å². The number of aryl methyl sites for hydroxylation is 1. The Morgan fingerprint density at radius 2 is 1.84 bits per heavy atom. The van der Waals surface area contributed by atoms with E-state index in [0.29, 0.717) is 24.3 Å². The van der Waals surface area contributed by atoms with Gasteiger partial charge in [0.25, 0.3) is 11.6 Å². The van der Waals surface area contributed by atoms with Crippen LogP contribution >= 0.6 is 0 Å². The number of anilines is 1. The van der Waals surface area contributed by atoms with Gasteiger partial charge in [0.1, 0.15) is 5.69 Å². The van der Waals surface area contributed by atoms with Crippen LogP contribution in [0.15, 0.2) is 48.5 Å². The molecule has 25 heavy (non-hydrogen) atoms. The Morgan fingerprint density at radius 3 is 2.64 bits per heavy atom. The molecule has 0 saturated carbocycles. The molecule has 1 aromatic heterocycles. The van der Waals surface area contributed by atoms with Gasteiger partial charge in [-0.1, -0.05) is 30.3 Å². The quantitative estimate of drug-likeness (QED) is 0.365. The first-order valence-electron chi connectivity index (χ1n) is 7.90. The highest BCUT2D eigenvalue weighted by Gasteiger charge is 2.15. The van der Waals surface area contributed by atoms with Gasteiger partial charge < -0.3 is 15.6 Å². The molecule has 1 amide bonds. The number of aromatic nitrogens is 1. The fourth-order valence-electron chi connectivity index (χ4n) is 2.81. The lowest BCUT2D eigenvalue weighted by atomic mass is 10.1. The van der Waals surface area contributed by atoms with Crippen molar-refractivity contribution >= 4 is 28.2 Å². The molecule has 1 heterocycles. The van der Waals surface area contributed by atoms with Crippen LogP contribution in [0.4, 0.5) is 11.4 Å². The minimum atomic E-state index is -0.434. The van der Waals surface area contributed by atoms with E-state index in [1.807, 2.05) is 31.2 Å². The third-order valence-corrected chi connectivity index (χ3v) is 3.95. The van der Waals surface area contributed by atoms with Crippen molar-refractivity contribution in [2.24, 2.45) is 0 Å². The number of para-hydroxylation sites is 3. The van der Waals surface area contributed by atoms with Gasteiger partial charge in [0.05, 0.1) is 10.5 Å². The van der Waals surface area contributed by atoms with Crippen molar-refractivity contribution in [3.05, 3.63) is 69.9 Å². The van der Waals surface area contributed by atoms with Crippen LogP contribution in [0.2, 0.25) is 0 Å². The summed E-state index contributed by atoms with van der Waals surface area (Å²) in [5, 5.41) is 17.7. The highest BCUT2D eigenvalue weighted by molar-refractivity contribution is 6.08. The van der Waals surface area contributed by atoms with Crippen LogP contribution in [0.5, 0.6) is 0 Å². The second kappa shape index (κ2) is 7.04. The van der Waals surface area contributed by atoms with Crippen molar-refractivity contribution in [3.8, 4) is 0 Å². The number of nitrogens with one attached hydrogen (secondary N) is 3. The molecule has 2 aromatic carbocycles. The number of H-pyrrole nitrogens is 1. The van der Waals surface area contributed by atoms with Crippen LogP contribution in [0.25, 0.3) is 10.9 Å². The number of carbonyl (C=O) groups is 1. The molecular weight excluding hydrogens is 320 g/mol. The SMILES string of the molecule is Cc1[nH]c2ccccc2c1C(=O)NCCNc1ccccc1[N+](=O)[O-].